The van der Waals surface area contributed by atoms with Gasteiger partial charge in [-0.1, -0.05) is 6.07 Å². The largest absolute Gasteiger partial charge is 0.495 e. The van der Waals surface area contributed by atoms with E-state index in [-0.39, 0.29) is 5.54 Å². The smallest absolute Gasteiger partial charge is 0.142 e. The summed E-state index contributed by atoms with van der Waals surface area (Å²) < 4.78 is 5.39. The van der Waals surface area contributed by atoms with Crippen LogP contribution in [0.5, 0.6) is 5.75 Å². The van der Waals surface area contributed by atoms with Crippen LogP contribution in [0, 0.1) is 13.8 Å². The van der Waals surface area contributed by atoms with Gasteiger partial charge in [0.25, 0.3) is 0 Å². The molecule has 1 aromatic heterocycles. The van der Waals surface area contributed by atoms with Gasteiger partial charge in [-0.25, -0.2) is 0 Å². The number of aromatic amines is 1. The molecule has 1 heterocycles. The second-order valence-electron chi connectivity index (χ2n) is 5.18. The zero-order valence-corrected chi connectivity index (χ0v) is 11.1. The van der Waals surface area contributed by atoms with E-state index in [4.69, 9.17) is 10.5 Å². The number of fused-ring (bicyclic) bond motifs is 1. The van der Waals surface area contributed by atoms with Crippen LogP contribution in [-0.4, -0.2) is 12.1 Å². The molecule has 0 aliphatic rings. The third-order valence-corrected chi connectivity index (χ3v) is 3.24. The lowest BCUT2D eigenvalue weighted by Crippen LogP contribution is -2.29. The standard InChI is InChI=1S/C14H20N2O/c1-8-6-7-10(17-5)12-11(8)9(2)13(16-12)14(3,4)15/h6-7,16H,15H2,1-5H3. The maximum atomic E-state index is 6.19. The van der Waals surface area contributed by atoms with Crippen molar-refractivity contribution in [2.24, 2.45) is 5.73 Å². The first-order valence-corrected chi connectivity index (χ1v) is 5.81. The average Bonchev–Trinajstić information content (AvgIpc) is 2.58. The summed E-state index contributed by atoms with van der Waals surface area (Å²) in [5.41, 5.74) is 10.4. The van der Waals surface area contributed by atoms with Crippen molar-refractivity contribution in [1.29, 1.82) is 0 Å². The molecule has 0 fully saturated rings. The van der Waals surface area contributed by atoms with Crippen LogP contribution in [-0.2, 0) is 5.54 Å². The van der Waals surface area contributed by atoms with Gasteiger partial charge in [-0.2, -0.15) is 0 Å². The van der Waals surface area contributed by atoms with Gasteiger partial charge in [0.2, 0.25) is 0 Å². The van der Waals surface area contributed by atoms with Crippen LogP contribution in [0.3, 0.4) is 0 Å². The molecule has 92 valence electrons. The Balaban J connectivity index is 2.85. The quantitative estimate of drug-likeness (QED) is 0.836. The summed E-state index contributed by atoms with van der Waals surface area (Å²) in [5.74, 6) is 0.865. The summed E-state index contributed by atoms with van der Waals surface area (Å²) in [6.07, 6.45) is 0. The highest BCUT2D eigenvalue weighted by atomic mass is 16.5. The normalized spacial score (nSPS) is 12.1. The van der Waals surface area contributed by atoms with Crippen LogP contribution in [0.15, 0.2) is 12.1 Å². The molecule has 17 heavy (non-hydrogen) atoms. The molecule has 0 saturated heterocycles. The van der Waals surface area contributed by atoms with Crippen LogP contribution in [0.1, 0.15) is 30.7 Å². The molecule has 0 unspecified atom stereocenters. The first-order valence-electron chi connectivity index (χ1n) is 5.81. The van der Waals surface area contributed by atoms with Gasteiger partial charge in [0.15, 0.2) is 0 Å². The SMILES string of the molecule is COc1ccc(C)c2c(C)c(C(C)(C)N)[nH]c12. The molecule has 0 aliphatic carbocycles. The van der Waals surface area contributed by atoms with Gasteiger partial charge in [-0.3, -0.25) is 0 Å². The number of aryl methyl sites for hydroxylation is 2. The number of nitrogens with one attached hydrogen (secondary N) is 1. The Morgan fingerprint density at radius 3 is 2.41 bits per heavy atom. The highest BCUT2D eigenvalue weighted by Crippen LogP contribution is 2.34. The van der Waals surface area contributed by atoms with Crippen molar-refractivity contribution in [3.05, 3.63) is 29.0 Å². The molecule has 3 nitrogen and oxygen atoms in total. The summed E-state index contributed by atoms with van der Waals surface area (Å²) in [6, 6.07) is 4.07. The van der Waals surface area contributed by atoms with Gasteiger partial charge >= 0.3 is 0 Å². The number of nitrogens with two attached hydrogens (primary N) is 1. The monoisotopic (exact) mass is 232 g/mol. The molecule has 0 aliphatic heterocycles. The predicted molar refractivity (Wildman–Crippen MR) is 71.5 cm³/mol. The third kappa shape index (κ3) is 1.80. The minimum absolute atomic E-state index is 0.374. The molecule has 2 aromatic rings. The fourth-order valence-corrected chi connectivity index (χ4v) is 2.45. The second-order valence-corrected chi connectivity index (χ2v) is 5.18. The van der Waals surface area contributed by atoms with Crippen molar-refractivity contribution < 1.29 is 4.74 Å². The molecule has 0 radical (unpaired) electrons. The maximum Gasteiger partial charge on any atom is 0.142 e. The summed E-state index contributed by atoms with van der Waals surface area (Å²) in [4.78, 5) is 3.41. The second kappa shape index (κ2) is 3.77. The zero-order valence-electron chi connectivity index (χ0n) is 11.1. The number of benzene rings is 1. The number of aromatic nitrogens is 1. The molecular weight excluding hydrogens is 212 g/mol. The van der Waals surface area contributed by atoms with Crippen molar-refractivity contribution in [2.75, 3.05) is 7.11 Å². The summed E-state index contributed by atoms with van der Waals surface area (Å²) >= 11 is 0. The van der Waals surface area contributed by atoms with Gasteiger partial charge in [0.1, 0.15) is 5.75 Å². The van der Waals surface area contributed by atoms with Crippen LogP contribution < -0.4 is 10.5 Å². The van der Waals surface area contributed by atoms with Crippen molar-refractivity contribution >= 4 is 10.9 Å². The molecule has 0 atom stereocenters. The summed E-state index contributed by atoms with van der Waals surface area (Å²) in [5, 5.41) is 1.22. The van der Waals surface area contributed by atoms with Gasteiger partial charge in [-0.15, -0.1) is 0 Å². The molecule has 0 amide bonds. The lowest BCUT2D eigenvalue weighted by molar-refractivity contribution is 0.418. The number of methoxy groups -OCH3 is 1. The number of hydrogen-bond donors (Lipinski definition) is 2. The van der Waals surface area contributed by atoms with Gasteiger partial charge in [-0.05, 0) is 44.9 Å². The average molecular weight is 232 g/mol. The van der Waals surface area contributed by atoms with E-state index in [9.17, 15) is 0 Å². The molecule has 1 aromatic carbocycles. The Hall–Kier alpha value is -1.48. The Kier molecular flexibility index (Phi) is 2.66. The van der Waals surface area contributed by atoms with Crippen LogP contribution in [0.4, 0.5) is 0 Å². The first kappa shape index (κ1) is 12.0. The number of hydrogen-bond acceptors (Lipinski definition) is 2. The lowest BCUT2D eigenvalue weighted by atomic mass is 9.97. The molecule has 0 spiro atoms. The van der Waals surface area contributed by atoms with E-state index in [0.717, 1.165) is 17.0 Å². The summed E-state index contributed by atoms with van der Waals surface area (Å²) in [6.45, 7) is 8.23. The van der Waals surface area contributed by atoms with E-state index in [1.165, 1.54) is 16.5 Å². The van der Waals surface area contributed by atoms with Crippen LogP contribution >= 0.6 is 0 Å². The Bertz CT molecular complexity index is 562. The molecule has 3 N–H and O–H groups in total. The molecule has 2 rings (SSSR count). The fourth-order valence-electron chi connectivity index (χ4n) is 2.45. The minimum Gasteiger partial charge on any atom is -0.495 e. The zero-order chi connectivity index (χ0) is 12.8. The van der Waals surface area contributed by atoms with E-state index in [0.29, 0.717) is 0 Å². The first-order chi connectivity index (χ1) is 7.86. The number of ether oxygens (including phenoxy) is 1. The van der Waals surface area contributed by atoms with Crippen molar-refractivity contribution in [3.8, 4) is 5.75 Å². The van der Waals surface area contributed by atoms with Crippen LogP contribution in [0.2, 0.25) is 0 Å². The van der Waals surface area contributed by atoms with E-state index in [1.807, 2.05) is 19.9 Å². The van der Waals surface area contributed by atoms with Gasteiger partial charge in [0.05, 0.1) is 18.2 Å². The Morgan fingerprint density at radius 2 is 1.88 bits per heavy atom. The Morgan fingerprint density at radius 1 is 1.24 bits per heavy atom. The van der Waals surface area contributed by atoms with E-state index < -0.39 is 0 Å². The maximum absolute atomic E-state index is 6.19. The van der Waals surface area contributed by atoms with Gasteiger partial charge < -0.3 is 15.5 Å². The number of rotatable bonds is 2. The minimum atomic E-state index is -0.374. The van der Waals surface area contributed by atoms with E-state index in [1.54, 1.807) is 7.11 Å². The van der Waals surface area contributed by atoms with Gasteiger partial charge in [0, 0.05) is 11.1 Å². The van der Waals surface area contributed by atoms with Crippen molar-refractivity contribution in [2.45, 2.75) is 33.2 Å². The fraction of sp³-hybridized carbons (Fsp3) is 0.429. The third-order valence-electron chi connectivity index (χ3n) is 3.24. The van der Waals surface area contributed by atoms with Crippen LogP contribution in [0.25, 0.3) is 10.9 Å². The molecule has 3 heteroatoms. The highest BCUT2D eigenvalue weighted by Gasteiger charge is 2.22. The van der Waals surface area contributed by atoms with Crippen molar-refractivity contribution in [1.82, 2.24) is 4.98 Å². The molecule has 0 saturated carbocycles. The topological polar surface area (TPSA) is 51.0 Å². The Labute approximate surface area is 102 Å². The molecular formula is C14H20N2O. The van der Waals surface area contributed by atoms with E-state index >= 15 is 0 Å². The highest BCUT2D eigenvalue weighted by molar-refractivity contribution is 5.92. The molecule has 0 bridgehead atoms. The van der Waals surface area contributed by atoms with Crippen molar-refractivity contribution in [3.63, 3.8) is 0 Å². The predicted octanol–water partition coefficient (Wildman–Crippen LogP) is 2.99. The summed E-state index contributed by atoms with van der Waals surface area (Å²) in [7, 11) is 1.69. The number of H-pyrrole nitrogens is 1. The van der Waals surface area contributed by atoms with E-state index in [2.05, 4.69) is 24.9 Å². The lowest BCUT2D eigenvalue weighted by Gasteiger charge is -2.18.